The number of urea groups is 1. The highest BCUT2D eigenvalue weighted by Gasteiger charge is 2.19. The minimum Gasteiger partial charge on any atom is -0.495 e. The molecule has 27 heavy (non-hydrogen) atoms. The number of carbonyl (C=O) groups excluding carboxylic acids is 1. The summed E-state index contributed by atoms with van der Waals surface area (Å²) in [7, 11) is 1.69. The summed E-state index contributed by atoms with van der Waals surface area (Å²) in [5, 5.41) is 5.30. The summed E-state index contributed by atoms with van der Waals surface area (Å²) >= 11 is 0. The number of halogens is 1. The first-order valence-electron chi connectivity index (χ1n) is 9.07. The summed E-state index contributed by atoms with van der Waals surface area (Å²) in [6.07, 6.45) is 0. The molecule has 0 bridgehead atoms. The first kappa shape index (κ1) is 19.0. The molecule has 0 spiro atoms. The molecule has 2 amide bonds. The molecule has 1 aliphatic rings. The van der Waals surface area contributed by atoms with Crippen molar-refractivity contribution in [2.45, 2.75) is 0 Å². The molecule has 7 heteroatoms. The molecule has 0 aromatic heterocycles. The number of methoxy groups -OCH3 is 1. The minimum absolute atomic E-state index is 0.181. The topological polar surface area (TPSA) is 56.8 Å². The number of ether oxygens (including phenoxy) is 1. The molecule has 144 valence electrons. The number of hydrogen-bond donors (Lipinski definition) is 2. The zero-order chi connectivity index (χ0) is 19.1. The van der Waals surface area contributed by atoms with E-state index in [1.54, 1.807) is 19.2 Å². The summed E-state index contributed by atoms with van der Waals surface area (Å²) in [4.78, 5) is 16.5. The molecule has 1 saturated heterocycles. The van der Waals surface area contributed by atoms with E-state index in [2.05, 4.69) is 26.5 Å². The fourth-order valence-corrected chi connectivity index (χ4v) is 3.16. The van der Waals surface area contributed by atoms with Gasteiger partial charge in [-0.2, -0.15) is 0 Å². The van der Waals surface area contributed by atoms with Crippen LogP contribution >= 0.6 is 0 Å². The van der Waals surface area contributed by atoms with E-state index in [0.717, 1.165) is 44.2 Å². The van der Waals surface area contributed by atoms with Crippen LogP contribution in [0.3, 0.4) is 0 Å². The van der Waals surface area contributed by atoms with E-state index in [9.17, 15) is 9.18 Å². The standard InChI is InChI=1S/C20H25FN4O2/c1-27-19-9-5-4-8-18(19)25-14-12-24(13-15-25)11-10-22-20(26)23-17-7-3-2-6-16(17)21/h2-9H,10-15H2,1H3,(H2,22,23,26). The van der Waals surface area contributed by atoms with E-state index in [4.69, 9.17) is 4.74 Å². The van der Waals surface area contributed by atoms with Gasteiger partial charge in [-0.1, -0.05) is 24.3 Å². The molecule has 0 atom stereocenters. The zero-order valence-electron chi connectivity index (χ0n) is 15.5. The van der Waals surface area contributed by atoms with E-state index in [1.807, 2.05) is 18.2 Å². The summed E-state index contributed by atoms with van der Waals surface area (Å²) < 4.78 is 19.0. The fraction of sp³-hybridized carbons (Fsp3) is 0.350. The maximum absolute atomic E-state index is 13.5. The Bertz CT molecular complexity index is 763. The number of nitrogens with one attached hydrogen (secondary N) is 2. The molecule has 2 N–H and O–H groups in total. The number of piperazine rings is 1. The van der Waals surface area contributed by atoms with E-state index in [1.165, 1.54) is 12.1 Å². The van der Waals surface area contributed by atoms with Gasteiger partial charge in [-0.05, 0) is 24.3 Å². The van der Waals surface area contributed by atoms with Crippen LogP contribution in [0.25, 0.3) is 0 Å². The van der Waals surface area contributed by atoms with Crippen molar-refractivity contribution in [1.29, 1.82) is 0 Å². The van der Waals surface area contributed by atoms with Gasteiger partial charge in [0.05, 0.1) is 18.5 Å². The molecule has 0 radical (unpaired) electrons. The maximum Gasteiger partial charge on any atom is 0.319 e. The van der Waals surface area contributed by atoms with Gasteiger partial charge >= 0.3 is 6.03 Å². The van der Waals surface area contributed by atoms with Crippen molar-refractivity contribution in [2.24, 2.45) is 0 Å². The van der Waals surface area contributed by atoms with Crippen LogP contribution < -0.4 is 20.3 Å². The number of anilines is 2. The van der Waals surface area contributed by atoms with Crippen molar-refractivity contribution in [3.63, 3.8) is 0 Å². The second kappa shape index (κ2) is 9.23. The lowest BCUT2D eigenvalue weighted by atomic mass is 10.2. The van der Waals surface area contributed by atoms with E-state index in [-0.39, 0.29) is 5.69 Å². The van der Waals surface area contributed by atoms with Crippen LogP contribution in [0.5, 0.6) is 5.75 Å². The highest BCUT2D eigenvalue weighted by atomic mass is 19.1. The molecule has 0 aliphatic carbocycles. The Morgan fingerprint density at radius 3 is 2.52 bits per heavy atom. The molecule has 2 aromatic rings. The number of rotatable bonds is 6. The maximum atomic E-state index is 13.5. The predicted octanol–water partition coefficient (Wildman–Crippen LogP) is 2.78. The molecule has 1 heterocycles. The van der Waals surface area contributed by atoms with E-state index < -0.39 is 11.8 Å². The van der Waals surface area contributed by atoms with Crippen LogP contribution in [-0.4, -0.2) is 57.3 Å². The van der Waals surface area contributed by atoms with E-state index in [0.29, 0.717) is 6.54 Å². The number of carbonyl (C=O) groups is 1. The Balaban J connectivity index is 1.40. The van der Waals surface area contributed by atoms with Crippen molar-refractivity contribution in [3.8, 4) is 5.75 Å². The highest BCUT2D eigenvalue weighted by molar-refractivity contribution is 5.89. The Kier molecular flexibility index (Phi) is 6.49. The molecule has 6 nitrogen and oxygen atoms in total. The van der Waals surface area contributed by atoms with Crippen LogP contribution in [0.2, 0.25) is 0 Å². The van der Waals surface area contributed by atoms with Crippen LogP contribution in [-0.2, 0) is 0 Å². The van der Waals surface area contributed by atoms with Gasteiger partial charge in [0.2, 0.25) is 0 Å². The van der Waals surface area contributed by atoms with Gasteiger partial charge in [-0.25, -0.2) is 9.18 Å². The van der Waals surface area contributed by atoms with Gasteiger partial charge in [-0.15, -0.1) is 0 Å². The van der Waals surface area contributed by atoms with Crippen LogP contribution in [0.4, 0.5) is 20.6 Å². The Morgan fingerprint density at radius 2 is 1.78 bits per heavy atom. The summed E-state index contributed by atoms with van der Waals surface area (Å²) in [6.45, 7) is 4.90. The average molecular weight is 372 g/mol. The first-order chi connectivity index (χ1) is 13.2. The third-order valence-corrected chi connectivity index (χ3v) is 4.63. The molecule has 0 unspecified atom stereocenters. The monoisotopic (exact) mass is 372 g/mol. The summed E-state index contributed by atoms with van der Waals surface area (Å²) in [5.41, 5.74) is 1.29. The van der Waals surface area contributed by atoms with Crippen molar-refractivity contribution in [2.75, 3.05) is 56.6 Å². The van der Waals surface area contributed by atoms with Crippen LogP contribution in [0.1, 0.15) is 0 Å². The van der Waals surface area contributed by atoms with E-state index >= 15 is 0 Å². The third-order valence-electron chi connectivity index (χ3n) is 4.63. The van der Waals surface area contributed by atoms with Crippen molar-refractivity contribution in [3.05, 3.63) is 54.3 Å². The van der Waals surface area contributed by atoms with Gasteiger partial charge in [-0.3, -0.25) is 4.90 Å². The van der Waals surface area contributed by atoms with Crippen LogP contribution in [0.15, 0.2) is 48.5 Å². The van der Waals surface area contributed by atoms with Gasteiger partial charge in [0.15, 0.2) is 0 Å². The normalized spacial score (nSPS) is 14.7. The lowest BCUT2D eigenvalue weighted by Crippen LogP contribution is -2.48. The zero-order valence-corrected chi connectivity index (χ0v) is 15.5. The van der Waals surface area contributed by atoms with Crippen molar-refractivity contribution >= 4 is 17.4 Å². The number of para-hydroxylation sites is 3. The number of amides is 2. The Labute approximate surface area is 158 Å². The third kappa shape index (κ3) is 5.10. The van der Waals surface area contributed by atoms with Crippen molar-refractivity contribution in [1.82, 2.24) is 10.2 Å². The van der Waals surface area contributed by atoms with Gasteiger partial charge in [0.1, 0.15) is 11.6 Å². The SMILES string of the molecule is COc1ccccc1N1CCN(CCNC(=O)Nc2ccccc2F)CC1. The largest absolute Gasteiger partial charge is 0.495 e. The number of benzene rings is 2. The second-order valence-corrected chi connectivity index (χ2v) is 6.36. The quantitative estimate of drug-likeness (QED) is 0.819. The number of nitrogens with zero attached hydrogens (tertiary/aromatic N) is 2. The van der Waals surface area contributed by atoms with Gasteiger partial charge in [0, 0.05) is 39.3 Å². The first-order valence-corrected chi connectivity index (χ1v) is 9.07. The molecule has 0 saturated carbocycles. The molecular formula is C20H25FN4O2. The molecular weight excluding hydrogens is 347 g/mol. The Morgan fingerprint density at radius 1 is 1.07 bits per heavy atom. The van der Waals surface area contributed by atoms with Crippen molar-refractivity contribution < 1.29 is 13.9 Å². The molecule has 1 fully saturated rings. The average Bonchev–Trinajstić information content (AvgIpc) is 2.70. The summed E-state index contributed by atoms with van der Waals surface area (Å²) in [6, 6.07) is 13.8. The molecule has 1 aliphatic heterocycles. The van der Waals surface area contributed by atoms with Gasteiger partial charge in [0.25, 0.3) is 0 Å². The fourth-order valence-electron chi connectivity index (χ4n) is 3.16. The number of hydrogen-bond acceptors (Lipinski definition) is 4. The minimum atomic E-state index is -0.444. The Hall–Kier alpha value is -2.80. The molecule has 2 aromatic carbocycles. The second-order valence-electron chi connectivity index (χ2n) is 6.36. The highest BCUT2D eigenvalue weighted by Crippen LogP contribution is 2.28. The van der Waals surface area contributed by atoms with Crippen LogP contribution in [0, 0.1) is 5.82 Å². The van der Waals surface area contributed by atoms with Gasteiger partial charge < -0.3 is 20.3 Å². The lowest BCUT2D eigenvalue weighted by molar-refractivity contribution is 0.240. The predicted molar refractivity (Wildman–Crippen MR) is 105 cm³/mol. The smallest absolute Gasteiger partial charge is 0.319 e. The molecule has 3 rings (SSSR count). The lowest BCUT2D eigenvalue weighted by Gasteiger charge is -2.36. The summed E-state index contributed by atoms with van der Waals surface area (Å²) in [5.74, 6) is 0.442.